The molecule has 0 unspecified atom stereocenters. The van der Waals surface area contributed by atoms with E-state index in [1.54, 1.807) is 36.4 Å². The van der Waals surface area contributed by atoms with Crippen LogP contribution in [0.2, 0.25) is 0 Å². The second-order valence-electron chi connectivity index (χ2n) is 7.44. The van der Waals surface area contributed by atoms with Crippen LogP contribution in [0.3, 0.4) is 0 Å². The van der Waals surface area contributed by atoms with E-state index in [4.69, 9.17) is 0 Å². The van der Waals surface area contributed by atoms with Gasteiger partial charge in [0.15, 0.2) is 0 Å². The number of carbonyl (C=O) groups excluding carboxylic acids is 1. The van der Waals surface area contributed by atoms with Crippen molar-refractivity contribution in [2.75, 3.05) is 29.8 Å². The Hall–Kier alpha value is -3.65. The predicted octanol–water partition coefficient (Wildman–Crippen LogP) is 3.41. The highest BCUT2D eigenvalue weighted by Gasteiger charge is 2.27. The van der Waals surface area contributed by atoms with Gasteiger partial charge in [0.25, 0.3) is 15.9 Å². The van der Waals surface area contributed by atoms with Crippen molar-refractivity contribution in [2.24, 2.45) is 5.10 Å². The van der Waals surface area contributed by atoms with Crippen molar-refractivity contribution in [1.82, 2.24) is 5.43 Å². The second kappa shape index (κ2) is 10.1. The zero-order valence-corrected chi connectivity index (χ0v) is 19.1. The molecule has 1 amide bonds. The zero-order valence-electron chi connectivity index (χ0n) is 18.3. The summed E-state index contributed by atoms with van der Waals surface area (Å²) in [6.45, 7) is 1.46. The highest BCUT2D eigenvalue weighted by Crippen LogP contribution is 2.24. The highest BCUT2D eigenvalue weighted by molar-refractivity contribution is 7.92. The molecule has 166 valence electrons. The fraction of sp³-hybridized carbons (Fsp3) is 0.167. The van der Waals surface area contributed by atoms with Crippen molar-refractivity contribution in [2.45, 2.75) is 11.8 Å². The minimum Gasteiger partial charge on any atom is -0.378 e. The first kappa shape index (κ1) is 23.0. The van der Waals surface area contributed by atoms with Gasteiger partial charge in [-0.05, 0) is 54.4 Å². The lowest BCUT2D eigenvalue weighted by Gasteiger charge is -2.24. The molecule has 0 aliphatic carbocycles. The molecule has 0 radical (unpaired) electrons. The first-order valence-electron chi connectivity index (χ1n) is 10.0. The molecule has 0 fully saturated rings. The molecule has 32 heavy (non-hydrogen) atoms. The van der Waals surface area contributed by atoms with Gasteiger partial charge in [0.05, 0.1) is 16.8 Å². The molecule has 7 nitrogen and oxygen atoms in total. The lowest BCUT2D eigenvalue weighted by molar-refractivity contribution is -0.119. The molecule has 0 heterocycles. The van der Waals surface area contributed by atoms with Gasteiger partial charge in [0.2, 0.25) is 0 Å². The van der Waals surface area contributed by atoms with Crippen LogP contribution in [-0.4, -0.2) is 41.2 Å². The number of nitrogens with zero attached hydrogens (tertiary/aromatic N) is 3. The van der Waals surface area contributed by atoms with E-state index in [0.717, 1.165) is 21.1 Å². The van der Waals surface area contributed by atoms with E-state index in [1.165, 1.54) is 18.3 Å². The Kier molecular flexibility index (Phi) is 7.27. The lowest BCUT2D eigenvalue weighted by Crippen LogP contribution is -2.39. The van der Waals surface area contributed by atoms with Gasteiger partial charge in [0.1, 0.15) is 6.54 Å². The maximum Gasteiger partial charge on any atom is 0.264 e. The molecular formula is C24H26N4O3S. The minimum atomic E-state index is -3.94. The molecule has 1 N–H and O–H groups in total. The molecular weight excluding hydrogens is 424 g/mol. The van der Waals surface area contributed by atoms with Crippen molar-refractivity contribution in [1.29, 1.82) is 0 Å². The fourth-order valence-corrected chi connectivity index (χ4v) is 4.45. The van der Waals surface area contributed by atoms with Crippen LogP contribution in [0.25, 0.3) is 0 Å². The Balaban J connectivity index is 1.78. The van der Waals surface area contributed by atoms with Gasteiger partial charge in [0, 0.05) is 19.8 Å². The van der Waals surface area contributed by atoms with Crippen LogP contribution in [0.5, 0.6) is 0 Å². The van der Waals surface area contributed by atoms with Gasteiger partial charge in [-0.1, -0.05) is 42.5 Å². The zero-order chi connectivity index (χ0) is 23.1. The first-order chi connectivity index (χ1) is 15.3. The second-order valence-corrected chi connectivity index (χ2v) is 9.31. The van der Waals surface area contributed by atoms with Gasteiger partial charge in [-0.3, -0.25) is 9.10 Å². The average Bonchev–Trinajstić information content (AvgIpc) is 2.78. The maximum absolute atomic E-state index is 13.3. The molecule has 0 saturated heterocycles. The van der Waals surface area contributed by atoms with Crippen LogP contribution in [-0.2, 0) is 14.8 Å². The first-order valence-corrected chi connectivity index (χ1v) is 11.4. The highest BCUT2D eigenvalue weighted by atomic mass is 32.2. The lowest BCUT2D eigenvalue weighted by atomic mass is 10.2. The van der Waals surface area contributed by atoms with Crippen molar-refractivity contribution in [3.05, 3.63) is 90.0 Å². The Bertz CT molecular complexity index is 1190. The van der Waals surface area contributed by atoms with E-state index in [1.807, 2.05) is 56.3 Å². The Morgan fingerprint density at radius 2 is 1.62 bits per heavy atom. The number of nitrogens with one attached hydrogen (secondary N) is 1. The molecule has 0 aliphatic rings. The molecule has 0 atom stereocenters. The standard InChI is InChI=1S/C24H26N4O3S/c1-19-8-7-9-22(16-19)28(32(30,31)23-10-5-4-6-11-23)18-24(29)26-25-17-20-12-14-21(15-13-20)27(2)3/h4-17H,18H2,1-3H3,(H,26,29)/b25-17-. The summed E-state index contributed by atoms with van der Waals surface area (Å²) in [7, 11) is -0.0377. The topological polar surface area (TPSA) is 82.1 Å². The van der Waals surface area contributed by atoms with Crippen molar-refractivity contribution in [3.8, 4) is 0 Å². The molecule has 0 aromatic heterocycles. The third-order valence-electron chi connectivity index (χ3n) is 4.72. The fourth-order valence-electron chi connectivity index (χ4n) is 3.02. The molecule has 0 saturated carbocycles. The van der Waals surface area contributed by atoms with E-state index in [9.17, 15) is 13.2 Å². The Labute approximate surface area is 189 Å². The SMILES string of the molecule is Cc1cccc(N(CC(=O)N/N=C\c2ccc(N(C)C)cc2)S(=O)(=O)c2ccccc2)c1. The van der Waals surface area contributed by atoms with Gasteiger partial charge >= 0.3 is 0 Å². The monoisotopic (exact) mass is 450 g/mol. The Morgan fingerprint density at radius 3 is 2.25 bits per heavy atom. The number of aryl methyl sites for hydroxylation is 1. The van der Waals surface area contributed by atoms with E-state index in [2.05, 4.69) is 10.5 Å². The number of hydrogen-bond donors (Lipinski definition) is 1. The van der Waals surface area contributed by atoms with Crippen molar-refractivity contribution < 1.29 is 13.2 Å². The number of rotatable bonds is 8. The molecule has 0 spiro atoms. The third kappa shape index (κ3) is 5.73. The van der Waals surface area contributed by atoms with E-state index in [0.29, 0.717) is 5.69 Å². The van der Waals surface area contributed by atoms with E-state index >= 15 is 0 Å². The molecule has 0 bridgehead atoms. The number of amides is 1. The summed E-state index contributed by atoms with van der Waals surface area (Å²) in [5.41, 5.74) is 5.57. The number of hydrogen-bond acceptors (Lipinski definition) is 5. The summed E-state index contributed by atoms with van der Waals surface area (Å²) in [4.78, 5) is 14.7. The Morgan fingerprint density at radius 1 is 0.938 bits per heavy atom. The predicted molar refractivity (Wildman–Crippen MR) is 129 cm³/mol. The van der Waals surface area contributed by atoms with Crippen LogP contribution in [0.15, 0.2) is 88.9 Å². The van der Waals surface area contributed by atoms with Gasteiger partial charge < -0.3 is 4.90 Å². The van der Waals surface area contributed by atoms with Crippen molar-refractivity contribution >= 4 is 33.5 Å². The third-order valence-corrected chi connectivity index (χ3v) is 6.51. The number of hydrazone groups is 1. The molecule has 3 aromatic rings. The molecule has 0 aliphatic heterocycles. The quantitative estimate of drug-likeness (QED) is 0.421. The summed E-state index contributed by atoms with van der Waals surface area (Å²) in [6.07, 6.45) is 1.51. The van der Waals surface area contributed by atoms with Gasteiger partial charge in [-0.15, -0.1) is 0 Å². The van der Waals surface area contributed by atoms with Crippen LogP contribution in [0.4, 0.5) is 11.4 Å². The summed E-state index contributed by atoms with van der Waals surface area (Å²) in [5.74, 6) is -0.549. The summed E-state index contributed by atoms with van der Waals surface area (Å²) >= 11 is 0. The summed E-state index contributed by atoms with van der Waals surface area (Å²) < 4.78 is 27.6. The van der Waals surface area contributed by atoms with Crippen LogP contribution >= 0.6 is 0 Å². The van der Waals surface area contributed by atoms with Crippen LogP contribution < -0.4 is 14.6 Å². The maximum atomic E-state index is 13.3. The van der Waals surface area contributed by atoms with Gasteiger partial charge in [-0.2, -0.15) is 5.10 Å². The molecule has 3 aromatic carbocycles. The summed E-state index contributed by atoms with van der Waals surface area (Å²) in [5, 5.41) is 3.98. The van der Waals surface area contributed by atoms with Crippen molar-refractivity contribution in [3.63, 3.8) is 0 Å². The van der Waals surface area contributed by atoms with Crippen LogP contribution in [0.1, 0.15) is 11.1 Å². The van der Waals surface area contributed by atoms with Gasteiger partial charge in [-0.25, -0.2) is 13.8 Å². The smallest absolute Gasteiger partial charge is 0.264 e. The minimum absolute atomic E-state index is 0.110. The number of benzene rings is 3. The number of carbonyl (C=O) groups is 1. The van der Waals surface area contributed by atoms with Crippen LogP contribution in [0, 0.1) is 6.92 Å². The van der Waals surface area contributed by atoms with E-state index < -0.39 is 22.5 Å². The average molecular weight is 451 g/mol. The molecule has 3 rings (SSSR count). The normalized spacial score (nSPS) is 11.3. The van der Waals surface area contributed by atoms with E-state index in [-0.39, 0.29) is 4.90 Å². The molecule has 8 heteroatoms. The summed E-state index contributed by atoms with van der Waals surface area (Å²) in [6, 6.07) is 22.7. The number of anilines is 2. The largest absolute Gasteiger partial charge is 0.378 e. The number of sulfonamides is 1.